The fourth-order valence-corrected chi connectivity index (χ4v) is 1.94. The largest absolute Gasteiger partial charge is 0.491 e. The molecular weight excluding hydrogens is 316 g/mol. The average molecular weight is 333 g/mol. The topological polar surface area (TPSA) is 67.4 Å². The summed E-state index contributed by atoms with van der Waals surface area (Å²) in [5, 5.41) is 0.536. The minimum absolute atomic E-state index is 0.0633. The zero-order valence-electron chi connectivity index (χ0n) is 12.8. The van der Waals surface area contributed by atoms with E-state index < -0.39 is 11.8 Å². The molecule has 120 valence electrons. The van der Waals surface area contributed by atoms with Crippen LogP contribution in [0.3, 0.4) is 0 Å². The van der Waals surface area contributed by atoms with Crippen molar-refractivity contribution < 1.29 is 14.3 Å². The lowest BCUT2D eigenvalue weighted by molar-refractivity contribution is 0.0846. The third-order valence-electron chi connectivity index (χ3n) is 2.88. The second-order valence-corrected chi connectivity index (χ2v) is 5.54. The van der Waals surface area contributed by atoms with Gasteiger partial charge in [0.05, 0.1) is 6.10 Å². The molecule has 2 aromatic carbocycles. The maximum atomic E-state index is 12.0. The molecule has 2 N–H and O–H groups in total. The van der Waals surface area contributed by atoms with Crippen LogP contribution in [0.25, 0.3) is 0 Å². The Labute approximate surface area is 139 Å². The van der Waals surface area contributed by atoms with Gasteiger partial charge in [0, 0.05) is 16.1 Å². The summed E-state index contributed by atoms with van der Waals surface area (Å²) in [6.45, 7) is 3.85. The van der Waals surface area contributed by atoms with Gasteiger partial charge in [0.25, 0.3) is 11.8 Å². The first-order valence-corrected chi connectivity index (χ1v) is 7.46. The molecule has 23 heavy (non-hydrogen) atoms. The van der Waals surface area contributed by atoms with Crippen LogP contribution in [0.5, 0.6) is 5.75 Å². The molecule has 0 bridgehead atoms. The summed E-state index contributed by atoms with van der Waals surface area (Å²) in [7, 11) is 0. The molecule has 0 aliphatic rings. The van der Waals surface area contributed by atoms with E-state index >= 15 is 0 Å². The maximum absolute atomic E-state index is 12.0. The molecule has 0 unspecified atom stereocenters. The number of rotatable bonds is 4. The molecule has 2 aromatic rings. The Morgan fingerprint density at radius 1 is 0.870 bits per heavy atom. The summed E-state index contributed by atoms with van der Waals surface area (Å²) in [6, 6.07) is 13.0. The van der Waals surface area contributed by atoms with E-state index in [2.05, 4.69) is 10.9 Å². The molecule has 0 aromatic heterocycles. The van der Waals surface area contributed by atoms with Crippen LogP contribution in [0, 0.1) is 0 Å². The van der Waals surface area contributed by atoms with E-state index in [0.29, 0.717) is 21.9 Å². The van der Waals surface area contributed by atoms with Gasteiger partial charge in [-0.2, -0.15) is 0 Å². The van der Waals surface area contributed by atoms with Crippen molar-refractivity contribution in [3.05, 3.63) is 64.7 Å². The molecule has 0 saturated carbocycles. The molecule has 0 heterocycles. The Balaban J connectivity index is 1.91. The van der Waals surface area contributed by atoms with Crippen LogP contribution in [0.15, 0.2) is 48.5 Å². The van der Waals surface area contributed by atoms with Crippen molar-refractivity contribution in [2.75, 3.05) is 0 Å². The molecule has 0 atom stereocenters. The highest BCUT2D eigenvalue weighted by Gasteiger charge is 2.09. The van der Waals surface area contributed by atoms with Crippen LogP contribution in [0.2, 0.25) is 5.02 Å². The van der Waals surface area contributed by atoms with Gasteiger partial charge < -0.3 is 4.74 Å². The number of carbonyl (C=O) groups is 2. The first kappa shape index (κ1) is 16.8. The molecule has 2 amide bonds. The lowest BCUT2D eigenvalue weighted by Gasteiger charge is -2.10. The minimum atomic E-state index is -0.422. The third kappa shape index (κ3) is 5.00. The summed E-state index contributed by atoms with van der Waals surface area (Å²) in [5.74, 6) is -0.153. The molecule has 5 nitrogen and oxygen atoms in total. The van der Waals surface area contributed by atoms with Gasteiger partial charge in [-0.3, -0.25) is 20.4 Å². The second-order valence-electron chi connectivity index (χ2n) is 5.11. The first-order valence-electron chi connectivity index (χ1n) is 7.08. The molecule has 0 radical (unpaired) electrons. The van der Waals surface area contributed by atoms with Gasteiger partial charge in [0.2, 0.25) is 0 Å². The van der Waals surface area contributed by atoms with Gasteiger partial charge in [-0.05, 0) is 62.4 Å². The number of benzene rings is 2. The van der Waals surface area contributed by atoms with Crippen molar-refractivity contribution in [2.45, 2.75) is 20.0 Å². The Bertz CT molecular complexity index is 682. The van der Waals surface area contributed by atoms with Crippen LogP contribution in [0.1, 0.15) is 34.6 Å². The predicted molar refractivity (Wildman–Crippen MR) is 88.6 cm³/mol. The van der Waals surface area contributed by atoms with Crippen molar-refractivity contribution in [3.8, 4) is 5.75 Å². The van der Waals surface area contributed by atoms with Crippen LogP contribution in [-0.2, 0) is 0 Å². The quantitative estimate of drug-likeness (QED) is 0.845. The van der Waals surface area contributed by atoms with E-state index in [4.69, 9.17) is 16.3 Å². The molecule has 0 fully saturated rings. The highest BCUT2D eigenvalue weighted by atomic mass is 35.5. The summed E-state index contributed by atoms with van der Waals surface area (Å²) in [4.78, 5) is 23.9. The average Bonchev–Trinajstić information content (AvgIpc) is 2.53. The number of carbonyl (C=O) groups excluding carboxylic acids is 2. The van der Waals surface area contributed by atoms with Crippen molar-refractivity contribution in [2.24, 2.45) is 0 Å². The Morgan fingerprint density at radius 3 is 1.74 bits per heavy atom. The number of amides is 2. The zero-order chi connectivity index (χ0) is 16.8. The molecule has 0 aliphatic carbocycles. The first-order chi connectivity index (χ1) is 11.0. The molecule has 0 aliphatic heterocycles. The molecule has 0 saturated heterocycles. The number of nitrogens with one attached hydrogen (secondary N) is 2. The smallest absolute Gasteiger partial charge is 0.269 e. The monoisotopic (exact) mass is 332 g/mol. The Kier molecular flexibility index (Phi) is 5.60. The van der Waals surface area contributed by atoms with E-state index in [0.717, 1.165) is 0 Å². The standard InChI is InChI=1S/C17H17ClN2O3/c1-11(2)23-15-9-5-13(6-10-15)17(22)20-19-16(21)12-3-7-14(18)8-4-12/h3-11H,1-2H3,(H,19,21)(H,20,22). The molecule has 0 spiro atoms. The number of ether oxygens (including phenoxy) is 1. The lowest BCUT2D eigenvalue weighted by Crippen LogP contribution is -2.41. The van der Waals surface area contributed by atoms with Gasteiger partial charge in [0.15, 0.2) is 0 Å². The predicted octanol–water partition coefficient (Wildman–Crippen LogP) is 3.20. The SMILES string of the molecule is CC(C)Oc1ccc(C(=O)NNC(=O)c2ccc(Cl)cc2)cc1. The van der Waals surface area contributed by atoms with E-state index in [1.54, 1.807) is 48.5 Å². The van der Waals surface area contributed by atoms with E-state index in [1.807, 2.05) is 13.8 Å². The number of halogens is 1. The highest BCUT2D eigenvalue weighted by Crippen LogP contribution is 2.13. The van der Waals surface area contributed by atoms with Gasteiger partial charge in [-0.15, -0.1) is 0 Å². The zero-order valence-corrected chi connectivity index (χ0v) is 13.6. The summed E-state index contributed by atoms with van der Waals surface area (Å²) < 4.78 is 5.50. The lowest BCUT2D eigenvalue weighted by atomic mass is 10.2. The van der Waals surface area contributed by atoms with Gasteiger partial charge in [-0.25, -0.2) is 0 Å². The number of hydrazine groups is 1. The second kappa shape index (κ2) is 7.65. The fourth-order valence-electron chi connectivity index (χ4n) is 1.82. The van der Waals surface area contributed by atoms with Crippen LogP contribution in [-0.4, -0.2) is 17.9 Å². The Morgan fingerprint density at radius 2 is 1.30 bits per heavy atom. The molecule has 2 rings (SSSR count). The number of hydrogen-bond donors (Lipinski definition) is 2. The van der Waals surface area contributed by atoms with Crippen molar-refractivity contribution in [3.63, 3.8) is 0 Å². The van der Waals surface area contributed by atoms with Gasteiger partial charge in [-0.1, -0.05) is 11.6 Å². The highest BCUT2D eigenvalue weighted by molar-refractivity contribution is 6.30. The maximum Gasteiger partial charge on any atom is 0.269 e. The van der Waals surface area contributed by atoms with Gasteiger partial charge in [0.1, 0.15) is 5.75 Å². The summed E-state index contributed by atoms with van der Waals surface area (Å²) in [6.07, 6.45) is 0.0633. The number of hydrogen-bond acceptors (Lipinski definition) is 3. The van der Waals surface area contributed by atoms with E-state index in [9.17, 15) is 9.59 Å². The van der Waals surface area contributed by atoms with Crippen LogP contribution >= 0.6 is 11.6 Å². The molecular formula is C17H17ClN2O3. The van der Waals surface area contributed by atoms with E-state index in [1.165, 1.54) is 0 Å². The van der Waals surface area contributed by atoms with E-state index in [-0.39, 0.29) is 6.10 Å². The van der Waals surface area contributed by atoms with Gasteiger partial charge >= 0.3 is 0 Å². The third-order valence-corrected chi connectivity index (χ3v) is 3.14. The fraction of sp³-hybridized carbons (Fsp3) is 0.176. The van der Waals surface area contributed by atoms with Crippen molar-refractivity contribution in [1.82, 2.24) is 10.9 Å². The Hall–Kier alpha value is -2.53. The van der Waals surface area contributed by atoms with Crippen molar-refractivity contribution in [1.29, 1.82) is 0 Å². The van der Waals surface area contributed by atoms with Crippen LogP contribution in [0.4, 0.5) is 0 Å². The van der Waals surface area contributed by atoms with Crippen molar-refractivity contribution >= 4 is 23.4 Å². The summed E-state index contributed by atoms with van der Waals surface area (Å²) >= 11 is 5.76. The normalized spacial score (nSPS) is 10.3. The molecule has 6 heteroatoms. The minimum Gasteiger partial charge on any atom is -0.491 e. The summed E-state index contributed by atoms with van der Waals surface area (Å²) in [5.41, 5.74) is 5.52. The van der Waals surface area contributed by atoms with Crippen LogP contribution < -0.4 is 15.6 Å².